The van der Waals surface area contributed by atoms with Crippen LogP contribution in [0.3, 0.4) is 0 Å². The molecule has 0 spiro atoms. The topological polar surface area (TPSA) is 73.6 Å². The van der Waals surface area contributed by atoms with Gasteiger partial charge in [-0.2, -0.15) is 0 Å². The number of nitrogens with two attached hydrogens (primary N) is 1. The van der Waals surface area contributed by atoms with Gasteiger partial charge in [0.05, 0.1) is 12.8 Å². The van der Waals surface area contributed by atoms with Gasteiger partial charge in [-0.3, -0.25) is 5.32 Å². The van der Waals surface area contributed by atoms with E-state index in [4.69, 9.17) is 10.5 Å². The molecule has 0 saturated heterocycles. The molecule has 0 heterocycles. The first kappa shape index (κ1) is 17.7. The summed E-state index contributed by atoms with van der Waals surface area (Å²) in [6, 6.07) is 9.51. The second kappa shape index (κ2) is 7.73. The molecular weight excluding hydrogens is 304 g/mol. The van der Waals surface area contributed by atoms with Crippen LogP contribution < -0.4 is 15.8 Å². The number of amides is 1. The summed E-state index contributed by atoms with van der Waals surface area (Å²) in [5, 5.41) is 2.66. The molecule has 5 nitrogen and oxygen atoms in total. The van der Waals surface area contributed by atoms with Crippen molar-refractivity contribution in [3.63, 3.8) is 0 Å². The molecule has 0 bridgehead atoms. The Morgan fingerprint density at radius 3 is 2.62 bits per heavy atom. The van der Waals surface area contributed by atoms with Gasteiger partial charge in [-0.15, -0.1) is 0 Å². The molecule has 3 N–H and O–H groups in total. The number of benzene rings is 2. The second-order valence-electron chi connectivity index (χ2n) is 5.68. The van der Waals surface area contributed by atoms with E-state index in [1.807, 2.05) is 13.0 Å². The molecule has 0 atom stereocenters. The Labute approximate surface area is 142 Å². The number of hydrogen-bond donors (Lipinski definition) is 2. The first-order valence-corrected chi connectivity index (χ1v) is 7.91. The number of nitrogens with one attached hydrogen (secondary N) is 1. The molecule has 2 aromatic rings. The van der Waals surface area contributed by atoms with Crippen molar-refractivity contribution in [2.24, 2.45) is 0 Å². The number of carbonyl (C=O) groups is 1. The zero-order chi connectivity index (χ0) is 17.7. The third-order valence-corrected chi connectivity index (χ3v) is 4.02. The minimum Gasteiger partial charge on any atom is -0.488 e. The van der Waals surface area contributed by atoms with Crippen molar-refractivity contribution >= 4 is 17.5 Å². The number of nitrogen functional groups attached to an aromatic ring is 1. The monoisotopic (exact) mass is 328 g/mol. The molecule has 0 radical (unpaired) electrons. The van der Waals surface area contributed by atoms with Crippen LogP contribution in [0.15, 0.2) is 30.3 Å². The molecule has 0 aliphatic rings. The van der Waals surface area contributed by atoms with Crippen molar-refractivity contribution in [1.29, 1.82) is 0 Å². The van der Waals surface area contributed by atoms with E-state index < -0.39 is 6.09 Å². The standard InChI is InChI=1S/C19H24N2O3/c1-5-14-9-13(3)18(10-12(14)2)24-11-15-16(20)7-6-8-17(15)21-19(22)23-4/h6-10H,5,11,20H2,1-4H3,(H,21,22). The maximum atomic E-state index is 11.5. The summed E-state index contributed by atoms with van der Waals surface area (Å²) in [5.74, 6) is 0.817. The first-order valence-electron chi connectivity index (χ1n) is 7.91. The molecule has 0 aromatic heterocycles. The lowest BCUT2D eigenvalue weighted by Crippen LogP contribution is -2.14. The Kier molecular flexibility index (Phi) is 5.68. The number of hydrogen-bond acceptors (Lipinski definition) is 4. The molecule has 1 amide bonds. The van der Waals surface area contributed by atoms with Crippen molar-refractivity contribution in [1.82, 2.24) is 0 Å². The molecule has 0 unspecified atom stereocenters. The number of carbonyl (C=O) groups excluding carboxylic acids is 1. The lowest BCUT2D eigenvalue weighted by atomic mass is 10.0. The normalized spacial score (nSPS) is 10.3. The molecule has 24 heavy (non-hydrogen) atoms. The van der Waals surface area contributed by atoms with Crippen LogP contribution in [0.5, 0.6) is 5.75 Å². The SMILES string of the molecule is CCc1cc(C)c(OCc2c(N)cccc2NC(=O)OC)cc1C. The quantitative estimate of drug-likeness (QED) is 0.807. The third kappa shape index (κ3) is 3.98. The summed E-state index contributed by atoms with van der Waals surface area (Å²) in [6.45, 7) is 6.50. The molecule has 0 aliphatic carbocycles. The zero-order valence-corrected chi connectivity index (χ0v) is 14.6. The first-order chi connectivity index (χ1) is 11.5. The minimum atomic E-state index is -0.541. The predicted octanol–water partition coefficient (Wildman–Crippen LogP) is 4.21. The zero-order valence-electron chi connectivity index (χ0n) is 14.6. The lowest BCUT2D eigenvalue weighted by Gasteiger charge is -2.16. The highest BCUT2D eigenvalue weighted by atomic mass is 16.5. The summed E-state index contributed by atoms with van der Waals surface area (Å²) in [6.07, 6.45) is 0.451. The number of methoxy groups -OCH3 is 1. The van der Waals surface area contributed by atoms with Crippen LogP contribution in [0.4, 0.5) is 16.2 Å². The van der Waals surface area contributed by atoms with E-state index in [0.29, 0.717) is 11.4 Å². The number of rotatable bonds is 5. The highest BCUT2D eigenvalue weighted by Crippen LogP contribution is 2.27. The molecule has 0 fully saturated rings. The fourth-order valence-corrected chi connectivity index (χ4v) is 2.58. The molecule has 2 aromatic carbocycles. The van der Waals surface area contributed by atoms with Crippen LogP contribution in [-0.2, 0) is 17.8 Å². The van der Waals surface area contributed by atoms with E-state index in [2.05, 4.69) is 30.0 Å². The number of anilines is 2. The summed E-state index contributed by atoms with van der Waals surface area (Å²) >= 11 is 0. The van der Waals surface area contributed by atoms with E-state index in [0.717, 1.165) is 23.3 Å². The largest absolute Gasteiger partial charge is 0.488 e. The van der Waals surface area contributed by atoms with Crippen LogP contribution in [-0.4, -0.2) is 13.2 Å². The van der Waals surface area contributed by atoms with Gasteiger partial charge < -0.3 is 15.2 Å². The van der Waals surface area contributed by atoms with Gasteiger partial charge in [0.1, 0.15) is 12.4 Å². The Bertz CT molecular complexity index is 742. The maximum absolute atomic E-state index is 11.5. The highest BCUT2D eigenvalue weighted by Gasteiger charge is 2.12. The fourth-order valence-electron chi connectivity index (χ4n) is 2.58. The Morgan fingerprint density at radius 2 is 1.96 bits per heavy atom. The number of aryl methyl sites for hydroxylation is 3. The van der Waals surface area contributed by atoms with E-state index in [1.165, 1.54) is 18.2 Å². The van der Waals surface area contributed by atoms with Crippen molar-refractivity contribution in [3.8, 4) is 5.75 Å². The van der Waals surface area contributed by atoms with Gasteiger partial charge in [0.2, 0.25) is 0 Å². The van der Waals surface area contributed by atoms with E-state index in [9.17, 15) is 4.79 Å². The summed E-state index contributed by atoms with van der Waals surface area (Å²) in [7, 11) is 1.32. The molecule has 0 aliphatic heterocycles. The average Bonchev–Trinajstić information content (AvgIpc) is 2.56. The van der Waals surface area contributed by atoms with Crippen LogP contribution >= 0.6 is 0 Å². The van der Waals surface area contributed by atoms with Gasteiger partial charge >= 0.3 is 6.09 Å². The Hall–Kier alpha value is -2.69. The maximum Gasteiger partial charge on any atom is 0.411 e. The average molecular weight is 328 g/mol. The Morgan fingerprint density at radius 1 is 1.21 bits per heavy atom. The van der Waals surface area contributed by atoms with Crippen molar-refractivity contribution in [2.45, 2.75) is 33.8 Å². The second-order valence-corrected chi connectivity index (χ2v) is 5.68. The van der Waals surface area contributed by atoms with Crippen LogP contribution in [0.2, 0.25) is 0 Å². The predicted molar refractivity (Wildman–Crippen MR) is 96.5 cm³/mol. The van der Waals surface area contributed by atoms with E-state index in [1.54, 1.807) is 18.2 Å². The van der Waals surface area contributed by atoms with Gasteiger partial charge in [0.15, 0.2) is 0 Å². The third-order valence-electron chi connectivity index (χ3n) is 4.02. The van der Waals surface area contributed by atoms with Gasteiger partial charge in [-0.05, 0) is 55.2 Å². The van der Waals surface area contributed by atoms with E-state index in [-0.39, 0.29) is 6.61 Å². The molecule has 5 heteroatoms. The molecule has 2 rings (SSSR count). The van der Waals surface area contributed by atoms with Crippen LogP contribution in [0, 0.1) is 13.8 Å². The molecule has 128 valence electrons. The van der Waals surface area contributed by atoms with Gasteiger partial charge in [-0.25, -0.2) is 4.79 Å². The number of ether oxygens (including phenoxy) is 2. The summed E-state index contributed by atoms with van der Waals surface area (Å²) < 4.78 is 10.6. The van der Waals surface area contributed by atoms with Gasteiger partial charge in [0.25, 0.3) is 0 Å². The molecule has 0 saturated carbocycles. The van der Waals surface area contributed by atoms with Crippen molar-refractivity contribution < 1.29 is 14.3 Å². The fraction of sp³-hybridized carbons (Fsp3) is 0.316. The molecular formula is C19H24N2O3. The smallest absolute Gasteiger partial charge is 0.411 e. The van der Waals surface area contributed by atoms with Gasteiger partial charge in [0, 0.05) is 11.3 Å². The lowest BCUT2D eigenvalue weighted by molar-refractivity contribution is 0.187. The summed E-state index contributed by atoms with van der Waals surface area (Å²) in [4.78, 5) is 11.5. The highest BCUT2D eigenvalue weighted by molar-refractivity contribution is 5.86. The Balaban J connectivity index is 2.23. The van der Waals surface area contributed by atoms with E-state index >= 15 is 0 Å². The van der Waals surface area contributed by atoms with Crippen LogP contribution in [0.1, 0.15) is 29.2 Å². The van der Waals surface area contributed by atoms with Gasteiger partial charge in [-0.1, -0.05) is 19.1 Å². The van der Waals surface area contributed by atoms with Crippen molar-refractivity contribution in [3.05, 3.63) is 52.6 Å². The minimum absolute atomic E-state index is 0.262. The summed E-state index contributed by atoms with van der Waals surface area (Å²) in [5.41, 5.74) is 11.5. The van der Waals surface area contributed by atoms with Crippen molar-refractivity contribution in [2.75, 3.05) is 18.2 Å². The van der Waals surface area contributed by atoms with Crippen LogP contribution in [0.25, 0.3) is 0 Å².